The Balaban J connectivity index is 3.80. The monoisotopic (exact) mass is 281 g/mol. The molecule has 1 aromatic carbocycles. The zero-order valence-corrected chi connectivity index (χ0v) is 10.4. The van der Waals surface area contributed by atoms with E-state index in [1.807, 2.05) is 0 Å². The summed E-state index contributed by atoms with van der Waals surface area (Å²) < 4.78 is 53.5. The van der Waals surface area contributed by atoms with E-state index >= 15 is 0 Å². The first-order chi connectivity index (χ1) is 7.59. The zero-order valence-electron chi connectivity index (χ0n) is 8.78. The van der Waals surface area contributed by atoms with Crippen LogP contribution in [0.25, 0.3) is 0 Å². The molecular weight excluding hydrogens is 270 g/mol. The van der Waals surface area contributed by atoms with E-state index in [9.17, 15) is 16.8 Å². The highest BCUT2D eigenvalue weighted by Gasteiger charge is 2.23. The first kappa shape index (κ1) is 14.1. The Morgan fingerprint density at radius 2 is 1.76 bits per heavy atom. The fourth-order valence-electron chi connectivity index (χ4n) is 1.53. The molecule has 0 saturated heterocycles. The van der Waals surface area contributed by atoms with Gasteiger partial charge in [0.2, 0.25) is 10.0 Å². The third-order valence-corrected chi connectivity index (χ3v) is 4.31. The van der Waals surface area contributed by atoms with Crippen LogP contribution < -0.4 is 5.14 Å². The van der Waals surface area contributed by atoms with Crippen molar-refractivity contribution < 1.29 is 26.5 Å². The molecule has 0 atom stereocenters. The third kappa shape index (κ3) is 2.82. The van der Waals surface area contributed by atoms with Crippen molar-refractivity contribution in [3.63, 3.8) is 0 Å². The second kappa shape index (κ2) is 4.35. The van der Waals surface area contributed by atoms with Gasteiger partial charge in [-0.1, -0.05) is 6.07 Å². The second-order valence-electron chi connectivity index (χ2n) is 3.36. The molecule has 0 fully saturated rings. The molecule has 0 bridgehead atoms. The lowest BCUT2D eigenvalue weighted by Crippen LogP contribution is -2.18. The average Bonchev–Trinajstić information content (AvgIpc) is 2.12. The summed E-state index contributed by atoms with van der Waals surface area (Å²) in [5.74, 6) is 0. The van der Waals surface area contributed by atoms with Gasteiger partial charge >= 0.3 is 0 Å². The van der Waals surface area contributed by atoms with Crippen LogP contribution in [0.5, 0.6) is 0 Å². The van der Waals surface area contributed by atoms with E-state index in [-0.39, 0.29) is 11.1 Å². The Kier molecular flexibility index (Phi) is 3.60. The third-order valence-electron chi connectivity index (χ3n) is 2.17. The van der Waals surface area contributed by atoms with Gasteiger partial charge in [-0.3, -0.25) is 4.55 Å². The number of primary sulfonamides is 1. The number of nitrogens with two attached hydrogens (primary N) is 1. The van der Waals surface area contributed by atoms with Crippen molar-refractivity contribution in [1.82, 2.24) is 0 Å². The van der Waals surface area contributed by atoms with Crippen LogP contribution in [0, 0.1) is 6.92 Å². The van der Waals surface area contributed by atoms with Gasteiger partial charge in [0.05, 0.1) is 16.4 Å². The molecule has 9 heteroatoms. The second-order valence-corrected chi connectivity index (χ2v) is 6.24. The van der Waals surface area contributed by atoms with Gasteiger partial charge in [-0.15, -0.1) is 0 Å². The summed E-state index contributed by atoms with van der Waals surface area (Å²) in [4.78, 5) is -1.05. The molecule has 0 unspecified atom stereocenters. The summed E-state index contributed by atoms with van der Waals surface area (Å²) in [5, 5.41) is 13.9. The summed E-state index contributed by atoms with van der Waals surface area (Å²) >= 11 is 0. The number of hydrogen-bond donors (Lipinski definition) is 3. The van der Waals surface area contributed by atoms with Gasteiger partial charge in [0.25, 0.3) is 10.1 Å². The Bertz CT molecular complexity index is 647. The van der Waals surface area contributed by atoms with Gasteiger partial charge in [-0.2, -0.15) is 8.42 Å². The number of sulfonamides is 1. The van der Waals surface area contributed by atoms with Gasteiger partial charge < -0.3 is 5.11 Å². The molecule has 1 rings (SSSR count). The van der Waals surface area contributed by atoms with Crippen molar-refractivity contribution >= 4 is 20.1 Å². The van der Waals surface area contributed by atoms with Crippen LogP contribution in [0.4, 0.5) is 0 Å². The van der Waals surface area contributed by atoms with Crippen LogP contribution in [0.3, 0.4) is 0 Å². The van der Waals surface area contributed by atoms with E-state index in [2.05, 4.69) is 0 Å². The largest absolute Gasteiger partial charge is 0.392 e. The number of aliphatic hydroxyl groups excluding tert-OH is 1. The fraction of sp³-hybridized carbons (Fsp3) is 0.250. The van der Waals surface area contributed by atoms with Crippen LogP contribution in [-0.2, 0) is 26.7 Å². The van der Waals surface area contributed by atoms with Gasteiger partial charge in [0, 0.05) is 0 Å². The average molecular weight is 281 g/mol. The molecule has 4 N–H and O–H groups in total. The summed E-state index contributed by atoms with van der Waals surface area (Å²) in [6.45, 7) is 0.570. The molecule has 0 aliphatic heterocycles. The highest BCUT2D eigenvalue weighted by Crippen LogP contribution is 2.25. The lowest BCUT2D eigenvalue weighted by Gasteiger charge is -2.11. The van der Waals surface area contributed by atoms with Crippen molar-refractivity contribution in [2.75, 3.05) is 0 Å². The van der Waals surface area contributed by atoms with Crippen LogP contribution in [0.1, 0.15) is 11.1 Å². The fourth-order valence-corrected chi connectivity index (χ4v) is 3.36. The maximum atomic E-state index is 11.3. The summed E-state index contributed by atoms with van der Waals surface area (Å²) in [7, 11) is -8.74. The molecular formula is C8H11NO6S2. The Hall–Kier alpha value is -1.00. The molecule has 0 aliphatic carbocycles. The van der Waals surface area contributed by atoms with E-state index in [0.29, 0.717) is 0 Å². The van der Waals surface area contributed by atoms with Crippen LogP contribution >= 0.6 is 0 Å². The van der Waals surface area contributed by atoms with Crippen LogP contribution in [0.15, 0.2) is 21.9 Å². The van der Waals surface area contributed by atoms with E-state index in [1.165, 1.54) is 6.92 Å². The van der Waals surface area contributed by atoms with E-state index in [1.54, 1.807) is 0 Å². The van der Waals surface area contributed by atoms with E-state index in [0.717, 1.165) is 12.1 Å². The Labute approximate surface area is 98.7 Å². The number of hydrogen-bond acceptors (Lipinski definition) is 5. The first-order valence-corrected chi connectivity index (χ1v) is 7.31. The Morgan fingerprint density at radius 1 is 1.24 bits per heavy atom. The molecule has 0 heterocycles. The van der Waals surface area contributed by atoms with Gasteiger partial charge in [-0.05, 0) is 24.1 Å². The predicted molar refractivity (Wildman–Crippen MR) is 58.3 cm³/mol. The van der Waals surface area contributed by atoms with Crippen molar-refractivity contribution in [1.29, 1.82) is 0 Å². The number of benzene rings is 1. The van der Waals surface area contributed by atoms with E-state index < -0.39 is 36.5 Å². The molecule has 0 aromatic heterocycles. The SMILES string of the molecule is Cc1c(S(=O)(=O)O)ccc(CO)c1S(N)(=O)=O. The van der Waals surface area contributed by atoms with Gasteiger partial charge in [-0.25, -0.2) is 13.6 Å². The summed E-state index contributed by atoms with van der Waals surface area (Å²) in [6.07, 6.45) is 0. The normalized spacial score (nSPS) is 12.7. The minimum atomic E-state index is -4.54. The maximum Gasteiger partial charge on any atom is 0.294 e. The lowest BCUT2D eigenvalue weighted by molar-refractivity contribution is 0.278. The van der Waals surface area contributed by atoms with Gasteiger partial charge in [0.1, 0.15) is 0 Å². The van der Waals surface area contributed by atoms with Crippen molar-refractivity contribution in [3.8, 4) is 0 Å². The van der Waals surface area contributed by atoms with Crippen LogP contribution in [0.2, 0.25) is 0 Å². The Morgan fingerprint density at radius 3 is 2.12 bits per heavy atom. The van der Waals surface area contributed by atoms with Crippen LogP contribution in [-0.4, -0.2) is 26.5 Å². The molecule has 0 radical (unpaired) electrons. The van der Waals surface area contributed by atoms with E-state index in [4.69, 9.17) is 14.8 Å². The van der Waals surface area contributed by atoms with Crippen molar-refractivity contribution in [3.05, 3.63) is 23.3 Å². The molecule has 17 heavy (non-hydrogen) atoms. The lowest BCUT2D eigenvalue weighted by atomic mass is 10.1. The quantitative estimate of drug-likeness (QED) is 0.632. The van der Waals surface area contributed by atoms with Gasteiger partial charge in [0.15, 0.2) is 0 Å². The standard InChI is InChI=1S/C8H11NO6S2/c1-5-7(17(13,14)15)3-2-6(4-10)8(5)16(9,11)12/h2-3,10H,4H2,1H3,(H2,9,11,12)(H,13,14,15). The predicted octanol–water partition coefficient (Wildman–Crippen LogP) is -0.619. The minimum absolute atomic E-state index is 0.0302. The smallest absolute Gasteiger partial charge is 0.294 e. The molecule has 1 aromatic rings. The number of aliphatic hydroxyl groups is 1. The minimum Gasteiger partial charge on any atom is -0.392 e. The molecule has 96 valence electrons. The molecule has 0 amide bonds. The first-order valence-electron chi connectivity index (χ1n) is 4.32. The molecule has 0 spiro atoms. The molecule has 0 saturated carbocycles. The molecule has 7 nitrogen and oxygen atoms in total. The van der Waals surface area contributed by atoms with Crippen molar-refractivity contribution in [2.45, 2.75) is 23.3 Å². The highest BCUT2D eigenvalue weighted by atomic mass is 32.2. The van der Waals surface area contributed by atoms with Crippen molar-refractivity contribution in [2.24, 2.45) is 5.14 Å². The molecule has 0 aliphatic rings. The maximum absolute atomic E-state index is 11.3. The topological polar surface area (TPSA) is 135 Å². The zero-order chi connectivity index (χ0) is 13.4. The summed E-state index contributed by atoms with van der Waals surface area (Å²) in [5.41, 5.74) is -0.251. The summed E-state index contributed by atoms with van der Waals surface area (Å²) in [6, 6.07) is 2.08. The highest BCUT2D eigenvalue weighted by molar-refractivity contribution is 7.89. The number of rotatable bonds is 3.